The Morgan fingerprint density at radius 2 is 2.00 bits per heavy atom. The molecule has 30 heavy (non-hydrogen) atoms. The molecule has 4 rings (SSSR count). The maximum atomic E-state index is 13.2. The highest BCUT2D eigenvalue weighted by atomic mass is 35.5. The van der Waals surface area contributed by atoms with E-state index < -0.39 is 0 Å². The van der Waals surface area contributed by atoms with Crippen molar-refractivity contribution in [2.75, 3.05) is 11.4 Å². The number of carbonyl (C=O) groups excluding carboxylic acids is 1. The van der Waals surface area contributed by atoms with E-state index in [0.29, 0.717) is 23.1 Å². The molecule has 0 unspecified atom stereocenters. The number of aryl methyl sites for hydroxylation is 2. The number of benzene rings is 2. The third-order valence-electron chi connectivity index (χ3n) is 4.77. The second-order valence-electron chi connectivity index (χ2n) is 6.90. The first-order valence-electron chi connectivity index (χ1n) is 9.47. The van der Waals surface area contributed by atoms with Crippen LogP contribution >= 0.6 is 35.3 Å². The van der Waals surface area contributed by atoms with E-state index >= 15 is 0 Å². The molecule has 0 saturated heterocycles. The van der Waals surface area contributed by atoms with Crippen molar-refractivity contribution in [2.45, 2.75) is 26.3 Å². The molecule has 0 radical (unpaired) electrons. The van der Waals surface area contributed by atoms with Gasteiger partial charge in [0.05, 0.1) is 28.0 Å². The van der Waals surface area contributed by atoms with Gasteiger partial charge in [0, 0.05) is 25.5 Å². The van der Waals surface area contributed by atoms with E-state index in [1.54, 1.807) is 17.4 Å². The van der Waals surface area contributed by atoms with Crippen LogP contribution in [-0.4, -0.2) is 27.0 Å². The van der Waals surface area contributed by atoms with E-state index in [0.717, 1.165) is 34.3 Å². The van der Waals surface area contributed by atoms with Crippen LogP contribution in [0.25, 0.3) is 10.2 Å². The van der Waals surface area contributed by atoms with Crippen LogP contribution in [0.15, 0.2) is 61.2 Å². The third kappa shape index (κ3) is 5.01. The van der Waals surface area contributed by atoms with Crippen molar-refractivity contribution >= 4 is 56.6 Å². The smallest absolute Gasteiger partial charge is 0.233 e. The van der Waals surface area contributed by atoms with Gasteiger partial charge in [-0.3, -0.25) is 9.69 Å². The summed E-state index contributed by atoms with van der Waals surface area (Å²) < 4.78 is 2.94. The van der Waals surface area contributed by atoms with E-state index in [2.05, 4.69) is 4.98 Å². The monoisotopic (exact) mass is 460 g/mol. The maximum Gasteiger partial charge on any atom is 0.233 e. The van der Waals surface area contributed by atoms with Crippen LogP contribution in [0.1, 0.15) is 17.5 Å². The van der Waals surface area contributed by atoms with Crippen LogP contribution in [0, 0.1) is 6.92 Å². The zero-order valence-corrected chi connectivity index (χ0v) is 18.9. The molecule has 0 N–H and O–H groups in total. The molecule has 156 valence electrons. The Bertz CT molecular complexity index is 1070. The van der Waals surface area contributed by atoms with Crippen molar-refractivity contribution in [3.8, 4) is 0 Å². The zero-order chi connectivity index (χ0) is 20.2. The summed E-state index contributed by atoms with van der Waals surface area (Å²) in [5.41, 5.74) is 2.91. The van der Waals surface area contributed by atoms with Crippen molar-refractivity contribution in [3.05, 3.63) is 77.3 Å². The lowest BCUT2D eigenvalue weighted by Crippen LogP contribution is -2.33. The third-order valence-corrected chi connectivity index (χ3v) is 6.31. The number of amides is 1. The predicted octanol–water partition coefficient (Wildman–Crippen LogP) is 5.54. The summed E-state index contributed by atoms with van der Waals surface area (Å²) in [7, 11) is 0. The lowest BCUT2D eigenvalue weighted by molar-refractivity contribution is -0.118. The quantitative estimate of drug-likeness (QED) is 0.363. The second-order valence-corrected chi connectivity index (χ2v) is 8.28. The van der Waals surface area contributed by atoms with Gasteiger partial charge in [-0.1, -0.05) is 59.3 Å². The summed E-state index contributed by atoms with van der Waals surface area (Å²) in [6, 6.07) is 13.6. The molecular weight excluding hydrogens is 439 g/mol. The van der Waals surface area contributed by atoms with Gasteiger partial charge in [-0.05, 0) is 30.5 Å². The van der Waals surface area contributed by atoms with Gasteiger partial charge in [0.1, 0.15) is 0 Å². The van der Waals surface area contributed by atoms with Crippen LogP contribution in [-0.2, 0) is 17.8 Å². The highest BCUT2D eigenvalue weighted by Gasteiger charge is 2.21. The summed E-state index contributed by atoms with van der Waals surface area (Å²) in [5, 5.41) is 1.37. The average molecular weight is 461 g/mol. The molecule has 2 aromatic heterocycles. The number of fused-ring (bicyclic) bond motifs is 1. The maximum absolute atomic E-state index is 13.2. The SMILES string of the molecule is Cc1ccc(Cl)c2sc(N(CCCn3ccnc3)C(=O)Cc3ccccc3)nc12.Cl. The first kappa shape index (κ1) is 22.3. The fourth-order valence-corrected chi connectivity index (χ4v) is 4.59. The lowest BCUT2D eigenvalue weighted by Gasteiger charge is -2.20. The molecule has 2 aromatic carbocycles. The van der Waals surface area contributed by atoms with Gasteiger partial charge in [0.2, 0.25) is 5.91 Å². The van der Waals surface area contributed by atoms with Gasteiger partial charge in [-0.25, -0.2) is 9.97 Å². The standard InChI is InChI=1S/C22H21ClN4OS.ClH/c1-16-8-9-18(23)21-20(16)25-22(29-21)27(12-5-11-26-13-10-24-15-26)19(28)14-17-6-3-2-4-7-17;/h2-4,6-10,13,15H,5,11-12,14H2,1H3;1H. The van der Waals surface area contributed by atoms with Crippen LogP contribution in [0.5, 0.6) is 0 Å². The molecule has 5 nitrogen and oxygen atoms in total. The Balaban J connectivity index is 0.00000256. The number of hydrogen-bond donors (Lipinski definition) is 0. The summed E-state index contributed by atoms with van der Waals surface area (Å²) in [6.07, 6.45) is 6.62. The fourth-order valence-electron chi connectivity index (χ4n) is 3.23. The van der Waals surface area contributed by atoms with Crippen LogP contribution in [0.2, 0.25) is 5.02 Å². The minimum Gasteiger partial charge on any atom is -0.337 e. The fraction of sp³-hybridized carbons (Fsp3) is 0.227. The van der Waals surface area contributed by atoms with Gasteiger partial charge in [-0.15, -0.1) is 12.4 Å². The van der Waals surface area contributed by atoms with E-state index in [9.17, 15) is 4.79 Å². The topological polar surface area (TPSA) is 51.0 Å². The molecule has 8 heteroatoms. The minimum atomic E-state index is 0. The molecule has 0 atom stereocenters. The van der Waals surface area contributed by atoms with Crippen molar-refractivity contribution in [2.24, 2.45) is 0 Å². The van der Waals surface area contributed by atoms with Crippen molar-refractivity contribution in [1.82, 2.24) is 14.5 Å². The Morgan fingerprint density at radius 3 is 2.70 bits per heavy atom. The summed E-state index contributed by atoms with van der Waals surface area (Å²) in [6.45, 7) is 3.39. The number of carbonyl (C=O) groups is 1. The molecule has 4 aromatic rings. The Kier molecular flexibility index (Phi) is 7.48. The Morgan fingerprint density at radius 1 is 1.20 bits per heavy atom. The molecule has 0 aliphatic carbocycles. The molecule has 0 fully saturated rings. The first-order chi connectivity index (χ1) is 14.1. The highest BCUT2D eigenvalue weighted by Crippen LogP contribution is 2.36. The molecule has 0 aliphatic heterocycles. The number of imidazole rings is 1. The van der Waals surface area contributed by atoms with E-state index in [1.807, 2.05) is 60.2 Å². The highest BCUT2D eigenvalue weighted by molar-refractivity contribution is 7.23. The number of thiazole rings is 1. The lowest BCUT2D eigenvalue weighted by atomic mass is 10.1. The molecule has 0 saturated carbocycles. The number of anilines is 1. The molecule has 0 aliphatic rings. The van der Waals surface area contributed by atoms with Crippen LogP contribution in [0.4, 0.5) is 5.13 Å². The summed E-state index contributed by atoms with van der Waals surface area (Å²) in [5.74, 6) is 0.0367. The zero-order valence-electron chi connectivity index (χ0n) is 16.5. The number of aromatic nitrogens is 3. The average Bonchev–Trinajstić information content (AvgIpc) is 3.39. The molecule has 1 amide bonds. The second kappa shape index (κ2) is 10.1. The van der Waals surface area contributed by atoms with Gasteiger partial charge < -0.3 is 4.57 Å². The van der Waals surface area contributed by atoms with Crippen molar-refractivity contribution in [1.29, 1.82) is 0 Å². The number of nitrogens with zero attached hydrogens (tertiary/aromatic N) is 4. The Hall–Kier alpha value is -2.41. The number of rotatable bonds is 7. The van der Waals surface area contributed by atoms with E-state index in [-0.39, 0.29) is 18.3 Å². The van der Waals surface area contributed by atoms with Gasteiger partial charge in [0.25, 0.3) is 0 Å². The van der Waals surface area contributed by atoms with E-state index in [1.165, 1.54) is 11.3 Å². The normalized spacial score (nSPS) is 10.7. The molecule has 0 spiro atoms. The number of hydrogen-bond acceptors (Lipinski definition) is 4. The van der Waals surface area contributed by atoms with Gasteiger partial charge >= 0.3 is 0 Å². The molecule has 0 bridgehead atoms. The predicted molar refractivity (Wildman–Crippen MR) is 126 cm³/mol. The first-order valence-corrected chi connectivity index (χ1v) is 10.7. The molecular formula is C22H22Cl2N4OS. The van der Waals surface area contributed by atoms with Crippen LogP contribution < -0.4 is 4.90 Å². The van der Waals surface area contributed by atoms with E-state index in [4.69, 9.17) is 16.6 Å². The van der Waals surface area contributed by atoms with Crippen molar-refractivity contribution in [3.63, 3.8) is 0 Å². The molecule has 2 heterocycles. The Labute approximate surface area is 190 Å². The summed E-state index contributed by atoms with van der Waals surface area (Å²) in [4.78, 5) is 23.8. The largest absolute Gasteiger partial charge is 0.337 e. The van der Waals surface area contributed by atoms with Crippen LogP contribution in [0.3, 0.4) is 0 Å². The summed E-state index contributed by atoms with van der Waals surface area (Å²) >= 11 is 7.86. The van der Waals surface area contributed by atoms with Gasteiger partial charge in [0.15, 0.2) is 5.13 Å². The van der Waals surface area contributed by atoms with Crippen molar-refractivity contribution < 1.29 is 4.79 Å². The van der Waals surface area contributed by atoms with Gasteiger partial charge in [-0.2, -0.15) is 0 Å². The number of halogens is 2. The minimum absolute atomic E-state index is 0.